The molecule has 2 aromatic rings. The number of ether oxygens (including phenoxy) is 2. The lowest BCUT2D eigenvalue weighted by Gasteiger charge is -2.21. The minimum atomic E-state index is -0.235. The Morgan fingerprint density at radius 3 is 2.70 bits per heavy atom. The van der Waals surface area contributed by atoms with Crippen molar-refractivity contribution in [3.63, 3.8) is 0 Å². The van der Waals surface area contributed by atoms with E-state index in [2.05, 4.69) is 23.2 Å². The van der Waals surface area contributed by atoms with Crippen molar-refractivity contribution in [3.8, 4) is 23.7 Å². The Kier molecular flexibility index (Phi) is 8.50. The van der Waals surface area contributed by atoms with Crippen LogP contribution < -0.4 is 15.0 Å². The first-order valence-electron chi connectivity index (χ1n) is 9.42. The van der Waals surface area contributed by atoms with Crippen LogP contribution in [0.2, 0.25) is 0 Å². The molecule has 154 valence electrons. The van der Waals surface area contributed by atoms with E-state index in [1.54, 1.807) is 31.4 Å². The van der Waals surface area contributed by atoms with Gasteiger partial charge in [0.15, 0.2) is 0 Å². The number of rotatable bonds is 7. The first-order valence-corrected chi connectivity index (χ1v) is 9.42. The third kappa shape index (κ3) is 6.13. The maximum Gasteiger partial charge on any atom is 0.250 e. The molecule has 0 aliphatic rings. The maximum atomic E-state index is 11.6. The van der Waals surface area contributed by atoms with Crippen LogP contribution in [0.5, 0.6) is 5.75 Å². The summed E-state index contributed by atoms with van der Waals surface area (Å²) >= 11 is 0. The molecule has 0 spiro atoms. The third-order valence-electron chi connectivity index (χ3n) is 4.36. The van der Waals surface area contributed by atoms with Crippen LogP contribution in [0.3, 0.4) is 0 Å². The zero-order valence-electron chi connectivity index (χ0n) is 17.7. The SMILES string of the molecule is CCN(C)c1cc(OC)ccc1/C(C#N)=C/C#Cc1cccc(NC(=O)COC)c1. The Morgan fingerprint density at radius 2 is 2.03 bits per heavy atom. The van der Waals surface area contributed by atoms with Crippen LogP contribution in [0, 0.1) is 23.2 Å². The van der Waals surface area contributed by atoms with Crippen molar-refractivity contribution < 1.29 is 14.3 Å². The number of anilines is 2. The predicted molar refractivity (Wildman–Crippen MR) is 119 cm³/mol. The lowest BCUT2D eigenvalue weighted by molar-refractivity contribution is -0.119. The summed E-state index contributed by atoms with van der Waals surface area (Å²) in [7, 11) is 5.04. The highest BCUT2D eigenvalue weighted by atomic mass is 16.5. The Bertz CT molecular complexity index is 1030. The lowest BCUT2D eigenvalue weighted by atomic mass is 10.0. The Morgan fingerprint density at radius 1 is 1.23 bits per heavy atom. The zero-order chi connectivity index (χ0) is 21.9. The molecule has 2 rings (SSSR count). The van der Waals surface area contributed by atoms with Crippen LogP contribution in [0.4, 0.5) is 11.4 Å². The highest BCUT2D eigenvalue weighted by Crippen LogP contribution is 2.30. The van der Waals surface area contributed by atoms with Crippen molar-refractivity contribution >= 4 is 22.9 Å². The van der Waals surface area contributed by atoms with Gasteiger partial charge in [0.2, 0.25) is 5.91 Å². The van der Waals surface area contributed by atoms with Crippen molar-refractivity contribution in [3.05, 3.63) is 59.7 Å². The van der Waals surface area contributed by atoms with E-state index in [0.29, 0.717) is 11.3 Å². The molecule has 1 amide bonds. The second kappa shape index (κ2) is 11.3. The number of hydrogen-bond acceptors (Lipinski definition) is 5. The summed E-state index contributed by atoms with van der Waals surface area (Å²) in [5.74, 6) is 6.45. The van der Waals surface area contributed by atoms with Crippen LogP contribution in [0.1, 0.15) is 18.1 Å². The van der Waals surface area contributed by atoms with Gasteiger partial charge in [0, 0.05) is 55.3 Å². The zero-order valence-corrected chi connectivity index (χ0v) is 17.7. The highest BCUT2D eigenvalue weighted by Gasteiger charge is 2.12. The van der Waals surface area contributed by atoms with E-state index in [1.165, 1.54) is 7.11 Å². The van der Waals surface area contributed by atoms with Crippen LogP contribution >= 0.6 is 0 Å². The monoisotopic (exact) mass is 403 g/mol. The van der Waals surface area contributed by atoms with E-state index in [9.17, 15) is 10.1 Å². The minimum Gasteiger partial charge on any atom is -0.497 e. The van der Waals surface area contributed by atoms with Crippen molar-refractivity contribution in [2.45, 2.75) is 6.92 Å². The van der Waals surface area contributed by atoms with Gasteiger partial charge in [-0.25, -0.2) is 0 Å². The van der Waals surface area contributed by atoms with Gasteiger partial charge in [0.1, 0.15) is 18.4 Å². The normalized spacial score (nSPS) is 10.4. The number of amides is 1. The second-order valence-electron chi connectivity index (χ2n) is 6.40. The van der Waals surface area contributed by atoms with E-state index in [-0.39, 0.29) is 12.5 Å². The van der Waals surface area contributed by atoms with E-state index in [4.69, 9.17) is 9.47 Å². The van der Waals surface area contributed by atoms with Crippen molar-refractivity contribution in [2.24, 2.45) is 0 Å². The van der Waals surface area contributed by atoms with E-state index < -0.39 is 0 Å². The number of methoxy groups -OCH3 is 2. The molecule has 6 nitrogen and oxygen atoms in total. The number of allylic oxidation sites excluding steroid dienone is 2. The third-order valence-corrected chi connectivity index (χ3v) is 4.36. The Hall–Kier alpha value is -3.74. The van der Waals surface area contributed by atoms with Gasteiger partial charge in [-0.2, -0.15) is 5.26 Å². The number of carbonyl (C=O) groups is 1. The fraction of sp³-hybridized carbons (Fsp3) is 0.250. The van der Waals surface area contributed by atoms with Gasteiger partial charge >= 0.3 is 0 Å². The van der Waals surface area contributed by atoms with E-state index >= 15 is 0 Å². The molecule has 0 saturated carbocycles. The Labute approximate surface area is 177 Å². The van der Waals surface area contributed by atoms with Gasteiger partial charge in [-0.1, -0.05) is 17.9 Å². The van der Waals surface area contributed by atoms with Gasteiger partial charge in [-0.05, 0) is 37.3 Å². The van der Waals surface area contributed by atoms with Gasteiger partial charge in [0.25, 0.3) is 0 Å². The summed E-state index contributed by atoms with van der Waals surface area (Å²) in [5.41, 5.74) is 3.51. The molecule has 0 heterocycles. The molecule has 0 unspecified atom stereocenters. The van der Waals surface area contributed by atoms with Gasteiger partial charge < -0.3 is 19.7 Å². The number of hydrogen-bond donors (Lipinski definition) is 1. The standard InChI is InChI=1S/C24H25N3O3/c1-5-27(2)23-15-21(30-4)12-13-22(23)19(16-25)10-6-8-18-9-7-11-20(14-18)26-24(28)17-29-3/h7,9-15H,5,17H2,1-4H3,(H,26,28)/b19-10+. The Balaban J connectivity index is 2.31. The molecular formula is C24H25N3O3. The summed E-state index contributed by atoms with van der Waals surface area (Å²) in [6, 6.07) is 15.0. The number of carbonyl (C=O) groups excluding carboxylic acids is 1. The van der Waals surface area contributed by atoms with Crippen LogP contribution in [0.15, 0.2) is 48.5 Å². The molecule has 0 aromatic heterocycles. The average Bonchev–Trinajstić information content (AvgIpc) is 2.76. The smallest absolute Gasteiger partial charge is 0.250 e. The fourth-order valence-corrected chi connectivity index (χ4v) is 2.72. The van der Waals surface area contributed by atoms with Crippen molar-refractivity contribution in [1.82, 2.24) is 0 Å². The summed E-state index contributed by atoms with van der Waals surface area (Å²) in [4.78, 5) is 13.7. The van der Waals surface area contributed by atoms with Gasteiger partial charge in [0.05, 0.1) is 12.7 Å². The van der Waals surface area contributed by atoms with E-state index in [1.807, 2.05) is 43.1 Å². The molecule has 0 atom stereocenters. The molecule has 30 heavy (non-hydrogen) atoms. The average molecular weight is 403 g/mol. The van der Waals surface area contributed by atoms with Crippen LogP contribution in [-0.2, 0) is 9.53 Å². The molecule has 0 bridgehead atoms. The molecule has 0 saturated heterocycles. The maximum absolute atomic E-state index is 11.6. The summed E-state index contributed by atoms with van der Waals surface area (Å²) < 4.78 is 10.1. The summed E-state index contributed by atoms with van der Waals surface area (Å²) in [6.45, 7) is 2.81. The minimum absolute atomic E-state index is 0.0133. The molecule has 0 radical (unpaired) electrons. The number of nitrogens with zero attached hydrogens (tertiary/aromatic N) is 2. The molecular weight excluding hydrogens is 378 g/mol. The summed E-state index contributed by atoms with van der Waals surface area (Å²) in [5, 5.41) is 12.4. The second-order valence-corrected chi connectivity index (χ2v) is 6.40. The molecule has 0 fully saturated rings. The van der Waals surface area contributed by atoms with Gasteiger partial charge in [-0.3, -0.25) is 4.79 Å². The topological polar surface area (TPSA) is 74.6 Å². The molecule has 0 aliphatic heterocycles. The van der Waals surface area contributed by atoms with Crippen molar-refractivity contribution in [2.75, 3.05) is 44.6 Å². The number of nitrogens with one attached hydrogen (secondary N) is 1. The molecule has 1 N–H and O–H groups in total. The predicted octanol–water partition coefficient (Wildman–Crippen LogP) is 3.69. The first kappa shape index (κ1) is 22.5. The van der Waals surface area contributed by atoms with E-state index in [0.717, 1.165) is 29.1 Å². The quantitative estimate of drug-likeness (QED) is 0.564. The lowest BCUT2D eigenvalue weighted by Crippen LogP contribution is -2.17. The number of benzene rings is 2. The highest BCUT2D eigenvalue weighted by molar-refractivity contribution is 5.92. The fourth-order valence-electron chi connectivity index (χ4n) is 2.72. The van der Waals surface area contributed by atoms with Crippen LogP contribution in [0.25, 0.3) is 5.57 Å². The largest absolute Gasteiger partial charge is 0.497 e. The van der Waals surface area contributed by atoms with Gasteiger partial charge in [-0.15, -0.1) is 0 Å². The van der Waals surface area contributed by atoms with Crippen molar-refractivity contribution in [1.29, 1.82) is 5.26 Å². The molecule has 6 heteroatoms. The first-order chi connectivity index (χ1) is 14.5. The molecule has 0 aliphatic carbocycles. The summed E-state index contributed by atoms with van der Waals surface area (Å²) in [6.07, 6.45) is 1.60. The van der Waals surface area contributed by atoms with Crippen LogP contribution in [-0.4, -0.2) is 40.3 Å². The number of nitriles is 1. The molecule has 2 aromatic carbocycles.